The number of benzene rings is 1. The molecule has 0 aliphatic heterocycles. The molecule has 1 aromatic carbocycles. The Bertz CT molecular complexity index is 333. The van der Waals surface area contributed by atoms with E-state index in [1.165, 1.54) is 24.8 Å². The summed E-state index contributed by atoms with van der Waals surface area (Å²) in [6.45, 7) is 2.81. The second-order valence-electron chi connectivity index (χ2n) is 4.89. The van der Waals surface area contributed by atoms with E-state index >= 15 is 0 Å². The van der Waals surface area contributed by atoms with Crippen molar-refractivity contribution in [3.8, 4) is 5.75 Å². The Balaban J connectivity index is 1.66. The fraction of sp³-hybridized carbons (Fsp3) is 0.571. The molecular formula is C14H21NO. The van der Waals surface area contributed by atoms with E-state index in [0.717, 1.165) is 24.7 Å². The molecule has 1 aromatic rings. The molecule has 0 heterocycles. The lowest BCUT2D eigenvalue weighted by Gasteiger charge is -2.12. The maximum Gasteiger partial charge on any atom is 0.119 e. The smallest absolute Gasteiger partial charge is 0.119 e. The first-order chi connectivity index (χ1) is 7.74. The summed E-state index contributed by atoms with van der Waals surface area (Å²) < 4.78 is 5.68. The van der Waals surface area contributed by atoms with Gasteiger partial charge in [0.1, 0.15) is 5.75 Å². The number of nitrogens with two attached hydrogens (primary N) is 1. The molecular weight excluding hydrogens is 198 g/mol. The van der Waals surface area contributed by atoms with E-state index in [4.69, 9.17) is 10.5 Å². The number of aryl methyl sites for hydroxylation is 1. The molecule has 88 valence electrons. The fourth-order valence-electron chi connectivity index (χ4n) is 1.93. The van der Waals surface area contributed by atoms with Crippen LogP contribution in [0.15, 0.2) is 24.3 Å². The minimum Gasteiger partial charge on any atom is -0.494 e. The van der Waals surface area contributed by atoms with Crippen molar-refractivity contribution in [2.45, 2.75) is 38.6 Å². The Hall–Kier alpha value is -1.02. The van der Waals surface area contributed by atoms with Crippen LogP contribution in [0.1, 0.15) is 31.2 Å². The van der Waals surface area contributed by atoms with Crippen LogP contribution in [-0.4, -0.2) is 12.6 Å². The van der Waals surface area contributed by atoms with Gasteiger partial charge in [0.2, 0.25) is 0 Å². The molecule has 2 heteroatoms. The van der Waals surface area contributed by atoms with Gasteiger partial charge < -0.3 is 10.5 Å². The summed E-state index contributed by atoms with van der Waals surface area (Å²) >= 11 is 0. The molecule has 1 unspecified atom stereocenters. The zero-order valence-corrected chi connectivity index (χ0v) is 9.99. The van der Waals surface area contributed by atoms with Gasteiger partial charge in [-0.2, -0.15) is 0 Å². The Morgan fingerprint density at radius 3 is 2.94 bits per heavy atom. The van der Waals surface area contributed by atoms with Crippen molar-refractivity contribution >= 4 is 0 Å². The normalized spacial score (nSPS) is 17.1. The summed E-state index contributed by atoms with van der Waals surface area (Å²) in [7, 11) is 0. The third-order valence-electron chi connectivity index (χ3n) is 3.08. The van der Waals surface area contributed by atoms with E-state index in [2.05, 4.69) is 19.1 Å². The molecule has 0 spiro atoms. The summed E-state index contributed by atoms with van der Waals surface area (Å²) in [6, 6.07) is 8.48. The van der Waals surface area contributed by atoms with E-state index in [1.54, 1.807) is 0 Å². The molecule has 1 atom stereocenters. The van der Waals surface area contributed by atoms with Crippen LogP contribution < -0.4 is 10.5 Å². The van der Waals surface area contributed by atoms with Crippen LogP contribution in [-0.2, 0) is 0 Å². The van der Waals surface area contributed by atoms with Gasteiger partial charge in [0.15, 0.2) is 0 Å². The average Bonchev–Trinajstić information content (AvgIpc) is 3.02. The molecule has 1 aliphatic carbocycles. The fourth-order valence-corrected chi connectivity index (χ4v) is 1.93. The Morgan fingerprint density at radius 2 is 2.25 bits per heavy atom. The molecule has 1 saturated carbocycles. The highest BCUT2D eigenvalue weighted by atomic mass is 16.5. The van der Waals surface area contributed by atoms with Gasteiger partial charge in [0, 0.05) is 6.04 Å². The van der Waals surface area contributed by atoms with Gasteiger partial charge in [-0.15, -0.1) is 0 Å². The third kappa shape index (κ3) is 3.86. The van der Waals surface area contributed by atoms with Gasteiger partial charge in [-0.25, -0.2) is 0 Å². The molecule has 0 amide bonds. The van der Waals surface area contributed by atoms with E-state index in [-0.39, 0.29) is 0 Å². The summed E-state index contributed by atoms with van der Waals surface area (Å²) in [6.07, 6.45) is 4.90. The van der Waals surface area contributed by atoms with Crippen LogP contribution in [0.5, 0.6) is 5.75 Å². The minimum absolute atomic E-state index is 0.317. The topological polar surface area (TPSA) is 35.2 Å². The van der Waals surface area contributed by atoms with Crippen molar-refractivity contribution in [1.82, 2.24) is 0 Å². The molecule has 2 rings (SSSR count). The van der Waals surface area contributed by atoms with Gasteiger partial charge >= 0.3 is 0 Å². The number of hydrogen-bond acceptors (Lipinski definition) is 2. The number of rotatable bonds is 6. The van der Waals surface area contributed by atoms with Gasteiger partial charge in [-0.1, -0.05) is 25.0 Å². The van der Waals surface area contributed by atoms with Crippen molar-refractivity contribution in [1.29, 1.82) is 0 Å². The second-order valence-corrected chi connectivity index (χ2v) is 4.89. The van der Waals surface area contributed by atoms with E-state index < -0.39 is 0 Å². The molecule has 0 bridgehead atoms. The Morgan fingerprint density at radius 1 is 1.44 bits per heavy atom. The Labute approximate surface area is 97.8 Å². The Kier molecular flexibility index (Phi) is 3.83. The summed E-state index contributed by atoms with van der Waals surface area (Å²) in [5.74, 6) is 1.87. The van der Waals surface area contributed by atoms with Crippen LogP contribution in [0, 0.1) is 12.8 Å². The zero-order valence-electron chi connectivity index (χ0n) is 9.99. The molecule has 1 aliphatic rings. The molecule has 16 heavy (non-hydrogen) atoms. The van der Waals surface area contributed by atoms with Crippen LogP contribution >= 0.6 is 0 Å². The standard InChI is InChI=1S/C14H21NO/c1-11-3-2-4-14(9-11)16-8-7-13(15)10-12-5-6-12/h2-4,9,12-13H,5-8,10,15H2,1H3. The zero-order chi connectivity index (χ0) is 11.4. The third-order valence-corrected chi connectivity index (χ3v) is 3.08. The lowest BCUT2D eigenvalue weighted by molar-refractivity contribution is 0.292. The SMILES string of the molecule is Cc1cccc(OCCC(N)CC2CC2)c1. The monoisotopic (exact) mass is 219 g/mol. The van der Waals surface area contributed by atoms with Crippen molar-refractivity contribution in [2.75, 3.05) is 6.61 Å². The first-order valence-electron chi connectivity index (χ1n) is 6.19. The highest BCUT2D eigenvalue weighted by Crippen LogP contribution is 2.33. The summed E-state index contributed by atoms with van der Waals surface area (Å²) in [4.78, 5) is 0. The quantitative estimate of drug-likeness (QED) is 0.798. The minimum atomic E-state index is 0.317. The predicted octanol–water partition coefficient (Wildman–Crippen LogP) is 2.89. The summed E-state index contributed by atoms with van der Waals surface area (Å²) in [5, 5.41) is 0. The van der Waals surface area contributed by atoms with Gasteiger partial charge in [0.25, 0.3) is 0 Å². The lowest BCUT2D eigenvalue weighted by atomic mass is 10.1. The van der Waals surface area contributed by atoms with E-state index in [9.17, 15) is 0 Å². The van der Waals surface area contributed by atoms with Gasteiger partial charge in [-0.3, -0.25) is 0 Å². The molecule has 2 N–H and O–H groups in total. The second kappa shape index (κ2) is 5.35. The molecule has 2 nitrogen and oxygen atoms in total. The van der Waals surface area contributed by atoms with Crippen LogP contribution in [0.25, 0.3) is 0 Å². The largest absolute Gasteiger partial charge is 0.494 e. The average molecular weight is 219 g/mol. The van der Waals surface area contributed by atoms with Gasteiger partial charge in [0.05, 0.1) is 6.61 Å². The van der Waals surface area contributed by atoms with Crippen LogP contribution in [0.4, 0.5) is 0 Å². The lowest BCUT2D eigenvalue weighted by Crippen LogP contribution is -2.23. The molecule has 0 saturated heterocycles. The maximum absolute atomic E-state index is 6.03. The highest BCUT2D eigenvalue weighted by molar-refractivity contribution is 5.27. The highest BCUT2D eigenvalue weighted by Gasteiger charge is 2.23. The van der Waals surface area contributed by atoms with Gasteiger partial charge in [-0.05, 0) is 43.4 Å². The van der Waals surface area contributed by atoms with Crippen molar-refractivity contribution in [3.05, 3.63) is 29.8 Å². The maximum atomic E-state index is 6.03. The number of hydrogen-bond donors (Lipinski definition) is 1. The first kappa shape index (κ1) is 11.5. The predicted molar refractivity (Wildman–Crippen MR) is 66.6 cm³/mol. The number of ether oxygens (including phenoxy) is 1. The summed E-state index contributed by atoms with van der Waals surface area (Å²) in [5.41, 5.74) is 7.26. The first-order valence-corrected chi connectivity index (χ1v) is 6.19. The van der Waals surface area contributed by atoms with E-state index in [0.29, 0.717) is 6.04 Å². The van der Waals surface area contributed by atoms with Crippen molar-refractivity contribution < 1.29 is 4.74 Å². The van der Waals surface area contributed by atoms with Crippen molar-refractivity contribution in [3.63, 3.8) is 0 Å². The molecule has 0 radical (unpaired) electrons. The van der Waals surface area contributed by atoms with Crippen molar-refractivity contribution in [2.24, 2.45) is 11.7 Å². The molecule has 1 fully saturated rings. The molecule has 0 aromatic heterocycles. The van der Waals surface area contributed by atoms with Crippen LogP contribution in [0.2, 0.25) is 0 Å². The van der Waals surface area contributed by atoms with Crippen LogP contribution in [0.3, 0.4) is 0 Å². The van der Waals surface area contributed by atoms with E-state index in [1.807, 2.05) is 12.1 Å².